The Morgan fingerprint density at radius 1 is 1.19 bits per heavy atom. The van der Waals surface area contributed by atoms with Crippen molar-refractivity contribution >= 4 is 28.5 Å². The molecule has 2 atom stereocenters. The Morgan fingerprint density at radius 3 is 2.74 bits per heavy atom. The van der Waals surface area contributed by atoms with Gasteiger partial charge in [-0.3, -0.25) is 9.78 Å². The number of esters is 1. The van der Waals surface area contributed by atoms with E-state index in [1.54, 1.807) is 24.3 Å². The molecule has 1 N–H and O–H groups in total. The molecule has 1 aromatic heterocycles. The van der Waals surface area contributed by atoms with Gasteiger partial charge in [-0.25, -0.2) is 4.79 Å². The number of pyridine rings is 1. The van der Waals surface area contributed by atoms with Crippen LogP contribution in [0.4, 0.5) is 5.69 Å². The zero-order valence-corrected chi connectivity index (χ0v) is 17.5. The van der Waals surface area contributed by atoms with Gasteiger partial charge in [0.25, 0.3) is 5.91 Å². The second kappa shape index (κ2) is 8.57. The number of para-hydroxylation sites is 2. The number of aryl methyl sites for hydroxylation is 1. The van der Waals surface area contributed by atoms with Gasteiger partial charge in [0.15, 0.2) is 6.10 Å². The normalized spacial score (nSPS) is 16.1. The average Bonchev–Trinajstić information content (AvgIpc) is 2.77. The van der Waals surface area contributed by atoms with Crippen LogP contribution in [0.5, 0.6) is 0 Å². The first-order chi connectivity index (χ1) is 15.0. The monoisotopic (exact) mass is 413 g/mol. The molecule has 156 valence electrons. The Bertz CT molecular complexity index is 1210. The highest BCUT2D eigenvalue weighted by Gasteiger charge is 2.28. The summed E-state index contributed by atoms with van der Waals surface area (Å²) in [5.74, 6) is -0.568. The molecule has 1 aliphatic carbocycles. The molecule has 0 spiro atoms. The molecule has 6 heteroatoms. The highest BCUT2D eigenvalue weighted by atomic mass is 16.5. The quantitative estimate of drug-likeness (QED) is 0.640. The minimum atomic E-state index is -1.03. The van der Waals surface area contributed by atoms with E-state index in [0.29, 0.717) is 22.7 Å². The number of nitrogens with one attached hydrogen (secondary N) is 1. The number of nitrogens with zero attached hydrogens (tertiary/aromatic N) is 2. The predicted octanol–water partition coefficient (Wildman–Crippen LogP) is 4.42. The Kier molecular flexibility index (Phi) is 5.68. The maximum atomic E-state index is 13.2. The van der Waals surface area contributed by atoms with E-state index >= 15 is 0 Å². The van der Waals surface area contributed by atoms with E-state index in [4.69, 9.17) is 9.72 Å². The summed E-state index contributed by atoms with van der Waals surface area (Å²) in [4.78, 5) is 30.7. The molecule has 1 aliphatic rings. The first-order valence-corrected chi connectivity index (χ1v) is 10.4. The van der Waals surface area contributed by atoms with Gasteiger partial charge in [-0.2, -0.15) is 5.26 Å². The molecule has 0 bridgehead atoms. The fraction of sp³-hybridized carbons (Fsp3) is 0.280. The van der Waals surface area contributed by atoms with Crippen LogP contribution in [0, 0.1) is 17.2 Å². The van der Waals surface area contributed by atoms with E-state index in [0.717, 1.165) is 41.4 Å². The van der Waals surface area contributed by atoms with Crippen molar-refractivity contribution in [2.45, 2.75) is 39.2 Å². The fourth-order valence-corrected chi connectivity index (χ4v) is 3.99. The molecule has 1 amide bonds. The Hall–Kier alpha value is -3.72. The summed E-state index contributed by atoms with van der Waals surface area (Å²) in [6, 6.07) is 16.3. The van der Waals surface area contributed by atoms with Crippen LogP contribution in [-0.2, 0) is 22.4 Å². The first kappa shape index (κ1) is 20.5. The first-order valence-electron chi connectivity index (χ1n) is 10.4. The van der Waals surface area contributed by atoms with Gasteiger partial charge in [-0.05, 0) is 55.9 Å². The number of amides is 1. The van der Waals surface area contributed by atoms with E-state index in [1.165, 1.54) is 6.92 Å². The smallest absolute Gasteiger partial charge is 0.339 e. The minimum Gasteiger partial charge on any atom is -0.449 e. The van der Waals surface area contributed by atoms with Crippen molar-refractivity contribution in [3.05, 3.63) is 70.9 Å². The topological polar surface area (TPSA) is 92.1 Å². The van der Waals surface area contributed by atoms with Crippen LogP contribution < -0.4 is 5.32 Å². The summed E-state index contributed by atoms with van der Waals surface area (Å²) in [5, 5.41) is 12.6. The van der Waals surface area contributed by atoms with Crippen molar-refractivity contribution in [3.8, 4) is 6.07 Å². The SMILES string of the molecule is C[C@@H]1CCc2nc3ccccc3c(C(=O)O[C@@H](C)C(=O)Nc3ccccc3C#N)c2C1. The maximum absolute atomic E-state index is 13.2. The van der Waals surface area contributed by atoms with Gasteiger partial charge < -0.3 is 10.1 Å². The van der Waals surface area contributed by atoms with Gasteiger partial charge in [0.1, 0.15) is 6.07 Å². The number of benzene rings is 2. The van der Waals surface area contributed by atoms with Gasteiger partial charge in [0, 0.05) is 11.1 Å². The van der Waals surface area contributed by atoms with Crippen molar-refractivity contribution in [3.63, 3.8) is 0 Å². The number of nitriles is 1. The number of rotatable bonds is 4. The standard InChI is InChI=1S/C25H23N3O3/c1-15-11-12-22-19(13-15)23(18-8-4-6-10-21(18)27-22)25(30)31-16(2)24(29)28-20-9-5-3-7-17(20)14-26/h3-10,15-16H,11-13H2,1-2H3,(H,28,29)/t15-,16+/m1/s1. The Balaban J connectivity index is 1.62. The molecule has 0 fully saturated rings. The van der Waals surface area contributed by atoms with E-state index in [9.17, 15) is 14.9 Å². The highest BCUT2D eigenvalue weighted by Crippen LogP contribution is 2.32. The number of anilines is 1. The summed E-state index contributed by atoms with van der Waals surface area (Å²) in [6.45, 7) is 3.69. The molecule has 2 aromatic carbocycles. The number of aromatic nitrogens is 1. The van der Waals surface area contributed by atoms with Crippen LogP contribution in [0.3, 0.4) is 0 Å². The molecule has 4 rings (SSSR count). The van der Waals surface area contributed by atoms with Crippen LogP contribution in [-0.4, -0.2) is 23.0 Å². The highest BCUT2D eigenvalue weighted by molar-refractivity contribution is 6.06. The molecule has 3 aromatic rings. The molecule has 0 radical (unpaired) electrons. The lowest BCUT2D eigenvalue weighted by Gasteiger charge is -2.24. The average molecular weight is 413 g/mol. The van der Waals surface area contributed by atoms with Crippen molar-refractivity contribution < 1.29 is 14.3 Å². The lowest BCUT2D eigenvalue weighted by Crippen LogP contribution is -2.31. The molecule has 1 heterocycles. The van der Waals surface area contributed by atoms with Crippen LogP contribution >= 0.6 is 0 Å². The zero-order valence-electron chi connectivity index (χ0n) is 17.5. The van der Waals surface area contributed by atoms with Gasteiger partial charge >= 0.3 is 5.97 Å². The number of fused-ring (bicyclic) bond motifs is 2. The summed E-state index contributed by atoms with van der Waals surface area (Å²) >= 11 is 0. The van der Waals surface area contributed by atoms with Crippen molar-refractivity contribution in [1.82, 2.24) is 4.98 Å². The van der Waals surface area contributed by atoms with Gasteiger partial charge in [-0.1, -0.05) is 37.3 Å². The van der Waals surface area contributed by atoms with E-state index in [2.05, 4.69) is 12.2 Å². The van der Waals surface area contributed by atoms with E-state index < -0.39 is 18.0 Å². The van der Waals surface area contributed by atoms with Crippen molar-refractivity contribution in [1.29, 1.82) is 5.26 Å². The van der Waals surface area contributed by atoms with Crippen LogP contribution in [0.25, 0.3) is 10.9 Å². The Morgan fingerprint density at radius 2 is 1.94 bits per heavy atom. The largest absolute Gasteiger partial charge is 0.449 e. The van der Waals surface area contributed by atoms with Crippen molar-refractivity contribution in [2.75, 3.05) is 5.32 Å². The second-order valence-electron chi connectivity index (χ2n) is 7.97. The van der Waals surface area contributed by atoms with Gasteiger partial charge in [0.05, 0.1) is 22.3 Å². The number of ether oxygens (including phenoxy) is 1. The summed E-state index contributed by atoms with van der Waals surface area (Å²) in [7, 11) is 0. The molecular formula is C25H23N3O3. The number of carbonyl (C=O) groups excluding carboxylic acids is 2. The van der Waals surface area contributed by atoms with Gasteiger partial charge in [-0.15, -0.1) is 0 Å². The molecular weight excluding hydrogens is 390 g/mol. The minimum absolute atomic E-state index is 0.345. The molecule has 31 heavy (non-hydrogen) atoms. The third kappa shape index (κ3) is 4.13. The summed E-state index contributed by atoms with van der Waals surface area (Å²) < 4.78 is 5.59. The molecule has 0 aliphatic heterocycles. The molecule has 6 nitrogen and oxygen atoms in total. The second-order valence-corrected chi connectivity index (χ2v) is 7.97. The maximum Gasteiger partial charge on any atom is 0.339 e. The van der Waals surface area contributed by atoms with Crippen LogP contribution in [0.15, 0.2) is 48.5 Å². The number of carbonyl (C=O) groups is 2. The molecule has 0 unspecified atom stereocenters. The zero-order chi connectivity index (χ0) is 22.0. The fourth-order valence-electron chi connectivity index (χ4n) is 3.99. The van der Waals surface area contributed by atoms with Crippen LogP contribution in [0.2, 0.25) is 0 Å². The number of hydrogen-bond donors (Lipinski definition) is 1. The van der Waals surface area contributed by atoms with E-state index in [-0.39, 0.29) is 0 Å². The molecule has 0 saturated carbocycles. The van der Waals surface area contributed by atoms with Crippen molar-refractivity contribution in [2.24, 2.45) is 5.92 Å². The lowest BCUT2D eigenvalue weighted by atomic mass is 9.84. The number of hydrogen-bond acceptors (Lipinski definition) is 5. The predicted molar refractivity (Wildman–Crippen MR) is 118 cm³/mol. The Labute approximate surface area is 180 Å². The molecule has 0 saturated heterocycles. The van der Waals surface area contributed by atoms with Gasteiger partial charge in [0.2, 0.25) is 0 Å². The third-order valence-electron chi connectivity index (χ3n) is 5.67. The summed E-state index contributed by atoms with van der Waals surface area (Å²) in [5.41, 5.74) is 3.84. The third-order valence-corrected chi connectivity index (χ3v) is 5.67. The van der Waals surface area contributed by atoms with E-state index in [1.807, 2.05) is 30.3 Å². The van der Waals surface area contributed by atoms with Crippen LogP contribution in [0.1, 0.15) is 47.4 Å². The lowest BCUT2D eigenvalue weighted by molar-refractivity contribution is -0.123. The summed E-state index contributed by atoms with van der Waals surface area (Å²) in [6.07, 6.45) is 1.59.